The van der Waals surface area contributed by atoms with E-state index in [1.165, 1.54) is 0 Å². The average Bonchev–Trinajstić information content (AvgIpc) is 2.37. The van der Waals surface area contributed by atoms with Gasteiger partial charge in [-0.05, 0) is 0 Å². The molecule has 1 nitrogen and oxygen atoms in total. The van der Waals surface area contributed by atoms with Gasteiger partial charge in [0.15, 0.2) is 0 Å². The van der Waals surface area contributed by atoms with Crippen molar-refractivity contribution < 1.29 is 5.11 Å². The van der Waals surface area contributed by atoms with Gasteiger partial charge in [0.1, 0.15) is 0 Å². The lowest BCUT2D eigenvalue weighted by Crippen LogP contribution is -2.16. The van der Waals surface area contributed by atoms with Crippen molar-refractivity contribution in [3.05, 3.63) is 0 Å². The van der Waals surface area contributed by atoms with Gasteiger partial charge in [-0.15, -0.1) is 34.8 Å². The molecule has 104 valence electrons. The van der Waals surface area contributed by atoms with Gasteiger partial charge < -0.3 is 5.11 Å². The van der Waals surface area contributed by atoms with Crippen LogP contribution in [0, 0.1) is 0 Å². The predicted octanol–water partition coefficient (Wildman–Crippen LogP) is 3.63. The van der Waals surface area contributed by atoms with Crippen LogP contribution in [0.25, 0.3) is 0 Å². The van der Waals surface area contributed by atoms with E-state index in [9.17, 15) is 5.11 Å². The van der Waals surface area contributed by atoms with Crippen LogP contribution in [0.5, 0.6) is 0 Å². The van der Waals surface area contributed by atoms with Crippen molar-refractivity contribution in [1.29, 1.82) is 0 Å². The number of alkyl halides is 3. The second-order valence-corrected chi connectivity index (χ2v) is 8.19. The molecule has 0 aromatic carbocycles. The number of aliphatic hydroxyl groups excluding tert-OH is 1. The summed E-state index contributed by atoms with van der Waals surface area (Å²) >= 11 is 22.6. The van der Waals surface area contributed by atoms with Gasteiger partial charge in [0, 0.05) is 51.2 Å². The van der Waals surface area contributed by atoms with Gasteiger partial charge in [-0.25, -0.2) is 0 Å². The molecule has 0 aromatic heterocycles. The summed E-state index contributed by atoms with van der Waals surface area (Å²) in [6.07, 6.45) is 0. The molecule has 0 heterocycles. The molecule has 0 bridgehead atoms. The van der Waals surface area contributed by atoms with Gasteiger partial charge in [0.05, 0.1) is 6.61 Å². The lowest BCUT2D eigenvalue weighted by atomic mass is 10.5. The highest BCUT2D eigenvalue weighted by Gasteiger charge is 2.11. The fourth-order valence-electron chi connectivity index (χ4n) is 1.04. The standard InChI is InChI=1S/C10H19Cl3OS3/c11-1-3-16-9(5-13)7-15-8-10(6-14)17-4-2-12/h9-10,14H,1-8H2. The highest BCUT2D eigenvalue weighted by atomic mass is 35.5. The first-order valence-electron chi connectivity index (χ1n) is 5.38. The minimum Gasteiger partial charge on any atom is -0.395 e. The molecule has 0 spiro atoms. The molecule has 2 atom stereocenters. The molecule has 0 rings (SSSR count). The van der Waals surface area contributed by atoms with E-state index < -0.39 is 0 Å². The lowest BCUT2D eigenvalue weighted by molar-refractivity contribution is 0.301. The molecule has 17 heavy (non-hydrogen) atoms. The summed E-state index contributed by atoms with van der Waals surface area (Å²) in [6, 6.07) is 0. The third-order valence-electron chi connectivity index (χ3n) is 1.84. The minimum absolute atomic E-state index is 0.217. The Hall–Kier alpha value is 1.88. The van der Waals surface area contributed by atoms with Crippen LogP contribution < -0.4 is 0 Å². The van der Waals surface area contributed by atoms with Crippen LogP contribution in [-0.4, -0.2) is 62.9 Å². The van der Waals surface area contributed by atoms with Gasteiger partial charge in [0.25, 0.3) is 0 Å². The van der Waals surface area contributed by atoms with Crippen molar-refractivity contribution in [3.8, 4) is 0 Å². The molecule has 0 amide bonds. The third kappa shape index (κ3) is 11.4. The molecule has 0 aliphatic rings. The first-order chi connectivity index (χ1) is 8.28. The summed E-state index contributed by atoms with van der Waals surface area (Å²) in [6.45, 7) is 0.217. The summed E-state index contributed by atoms with van der Waals surface area (Å²) in [5.41, 5.74) is 0. The molecule has 0 aromatic rings. The molecule has 0 aliphatic heterocycles. The van der Waals surface area contributed by atoms with Crippen LogP contribution in [0.15, 0.2) is 0 Å². The number of rotatable bonds is 12. The van der Waals surface area contributed by atoms with Crippen molar-refractivity contribution in [1.82, 2.24) is 0 Å². The van der Waals surface area contributed by atoms with Gasteiger partial charge in [-0.3, -0.25) is 0 Å². The van der Waals surface area contributed by atoms with Crippen LogP contribution >= 0.6 is 70.1 Å². The molecule has 2 unspecified atom stereocenters. The first-order valence-corrected chi connectivity index (χ1v) is 10.2. The molecular weight excluding hydrogens is 339 g/mol. The number of thioether (sulfide) groups is 3. The maximum absolute atomic E-state index is 9.19. The fraction of sp³-hybridized carbons (Fsp3) is 1.00. The Morgan fingerprint density at radius 2 is 1.41 bits per heavy atom. The first kappa shape index (κ1) is 18.9. The van der Waals surface area contributed by atoms with E-state index in [4.69, 9.17) is 34.8 Å². The zero-order valence-electron chi connectivity index (χ0n) is 9.62. The summed E-state index contributed by atoms with van der Waals surface area (Å²) in [7, 11) is 0. The molecule has 7 heteroatoms. The highest BCUT2D eigenvalue weighted by Crippen LogP contribution is 2.22. The maximum Gasteiger partial charge on any atom is 0.0558 e. The Balaban J connectivity index is 3.61. The number of hydrogen-bond donors (Lipinski definition) is 1. The highest BCUT2D eigenvalue weighted by molar-refractivity contribution is 8.05. The predicted molar refractivity (Wildman–Crippen MR) is 89.1 cm³/mol. The summed E-state index contributed by atoms with van der Waals surface area (Å²) in [4.78, 5) is 0. The second kappa shape index (κ2) is 14.3. The van der Waals surface area contributed by atoms with E-state index in [1.54, 1.807) is 11.8 Å². The second-order valence-electron chi connectivity index (χ2n) is 3.24. The molecule has 0 saturated heterocycles. The quantitative estimate of drug-likeness (QED) is 0.538. The van der Waals surface area contributed by atoms with E-state index in [0.29, 0.717) is 22.9 Å². The maximum atomic E-state index is 9.19. The zero-order valence-corrected chi connectivity index (χ0v) is 14.3. The molecule has 0 fully saturated rings. The van der Waals surface area contributed by atoms with Crippen LogP contribution in [-0.2, 0) is 0 Å². The zero-order chi connectivity index (χ0) is 12.9. The summed E-state index contributed by atoms with van der Waals surface area (Å²) in [5.74, 6) is 5.79. The topological polar surface area (TPSA) is 20.2 Å². The van der Waals surface area contributed by atoms with Gasteiger partial charge in [-0.2, -0.15) is 35.3 Å². The molecule has 0 aliphatic carbocycles. The Kier molecular flexibility index (Phi) is 15.9. The van der Waals surface area contributed by atoms with E-state index in [-0.39, 0.29) is 11.9 Å². The van der Waals surface area contributed by atoms with E-state index in [0.717, 1.165) is 23.0 Å². The van der Waals surface area contributed by atoms with Crippen LogP contribution in [0.3, 0.4) is 0 Å². The average molecular weight is 358 g/mol. The Labute approximate surface area is 132 Å². The summed E-state index contributed by atoms with van der Waals surface area (Å²) < 4.78 is 0. The van der Waals surface area contributed by atoms with Gasteiger partial charge in [-0.1, -0.05) is 0 Å². The van der Waals surface area contributed by atoms with Gasteiger partial charge in [0.2, 0.25) is 0 Å². The van der Waals surface area contributed by atoms with Crippen molar-refractivity contribution in [2.45, 2.75) is 10.5 Å². The van der Waals surface area contributed by atoms with Crippen molar-refractivity contribution in [3.63, 3.8) is 0 Å². The largest absolute Gasteiger partial charge is 0.395 e. The Morgan fingerprint density at radius 3 is 1.88 bits per heavy atom. The van der Waals surface area contributed by atoms with Gasteiger partial charge >= 0.3 is 0 Å². The van der Waals surface area contributed by atoms with E-state index in [1.807, 2.05) is 23.5 Å². The minimum atomic E-state index is 0.217. The normalized spacial score (nSPS) is 14.8. The number of aliphatic hydroxyl groups is 1. The number of halogens is 3. The lowest BCUT2D eigenvalue weighted by Gasteiger charge is -2.16. The molecule has 0 saturated carbocycles. The third-order valence-corrected chi connectivity index (χ3v) is 7.40. The number of hydrogen-bond acceptors (Lipinski definition) is 4. The smallest absolute Gasteiger partial charge is 0.0558 e. The fourth-order valence-corrected chi connectivity index (χ4v) is 5.36. The molecule has 0 radical (unpaired) electrons. The van der Waals surface area contributed by atoms with Crippen LogP contribution in [0.4, 0.5) is 0 Å². The molecular formula is C10H19Cl3OS3. The van der Waals surface area contributed by atoms with Crippen LogP contribution in [0.1, 0.15) is 0 Å². The molecule has 1 N–H and O–H groups in total. The monoisotopic (exact) mass is 356 g/mol. The van der Waals surface area contributed by atoms with Crippen molar-refractivity contribution in [2.24, 2.45) is 0 Å². The van der Waals surface area contributed by atoms with Crippen molar-refractivity contribution in [2.75, 3.05) is 47.3 Å². The Bertz CT molecular complexity index is 150. The van der Waals surface area contributed by atoms with Crippen LogP contribution in [0.2, 0.25) is 0 Å². The van der Waals surface area contributed by atoms with E-state index >= 15 is 0 Å². The summed E-state index contributed by atoms with van der Waals surface area (Å²) in [5, 5.41) is 9.93. The van der Waals surface area contributed by atoms with E-state index in [2.05, 4.69) is 0 Å². The SMILES string of the molecule is OCC(CSCC(CCl)SCCCl)SCCCl. The van der Waals surface area contributed by atoms with Crippen molar-refractivity contribution >= 4 is 70.1 Å². The Morgan fingerprint density at radius 1 is 0.882 bits per heavy atom.